The minimum atomic E-state index is 0.670. The number of hydrogen-bond donors (Lipinski definition) is 2. The van der Waals surface area contributed by atoms with Gasteiger partial charge in [-0.05, 0) is 56.8 Å². The Hall–Kier alpha value is -0.780. The number of nitrogens with one attached hydrogen (secondary N) is 2. The summed E-state index contributed by atoms with van der Waals surface area (Å²) in [4.78, 5) is 3.37. The van der Waals surface area contributed by atoms with E-state index in [0.29, 0.717) is 5.11 Å². The Balaban J connectivity index is 2.34. The number of rotatable bonds is 5. The molecule has 0 aliphatic carbocycles. The molecule has 3 nitrogen and oxygen atoms in total. The molecule has 2 N–H and O–H groups in total. The Kier molecular flexibility index (Phi) is 6.32. The third-order valence-electron chi connectivity index (χ3n) is 2.19. The molecule has 0 aromatic heterocycles. The van der Waals surface area contributed by atoms with Crippen LogP contribution in [0.4, 0.5) is 5.69 Å². The van der Waals surface area contributed by atoms with Crippen molar-refractivity contribution < 1.29 is 0 Å². The summed E-state index contributed by atoms with van der Waals surface area (Å²) in [6.45, 7) is 1.81. The lowest BCUT2D eigenvalue weighted by Crippen LogP contribution is -2.34. The second kappa shape index (κ2) is 7.53. The normalized spacial score (nSPS) is 10.4. The predicted molar refractivity (Wildman–Crippen MR) is 81.0 cm³/mol. The van der Waals surface area contributed by atoms with Gasteiger partial charge >= 0.3 is 0 Å². The fourth-order valence-corrected chi connectivity index (χ4v) is 1.87. The zero-order valence-corrected chi connectivity index (χ0v) is 12.1. The summed E-state index contributed by atoms with van der Waals surface area (Å²) in [5.74, 6) is 0. The molecule has 17 heavy (non-hydrogen) atoms. The Morgan fingerprint density at radius 2 is 1.94 bits per heavy atom. The van der Waals surface area contributed by atoms with Crippen LogP contribution in [0.3, 0.4) is 0 Å². The molecule has 1 rings (SSSR count). The van der Waals surface area contributed by atoms with Gasteiger partial charge in [0.2, 0.25) is 0 Å². The molecule has 0 amide bonds. The molecule has 0 spiro atoms. The van der Waals surface area contributed by atoms with E-state index in [0.717, 1.165) is 18.8 Å². The molecule has 0 aliphatic rings. The summed E-state index contributed by atoms with van der Waals surface area (Å²) in [6.07, 6.45) is 2.07. The zero-order chi connectivity index (χ0) is 12.7. The first-order valence-corrected chi connectivity index (χ1v) is 7.09. The summed E-state index contributed by atoms with van der Waals surface area (Å²) in [5.41, 5.74) is 1.02. The molecule has 1 aromatic carbocycles. The standard InChI is InChI=1S/C12H19N3S2/c1-15(2)9-8-13-12(16)14-10-4-6-11(17-3)7-5-10/h4-7H,8-9H2,1-3H3,(H2,13,14,16). The van der Waals surface area contributed by atoms with Crippen molar-refractivity contribution in [3.8, 4) is 0 Å². The van der Waals surface area contributed by atoms with Crippen molar-refractivity contribution in [3.05, 3.63) is 24.3 Å². The van der Waals surface area contributed by atoms with Crippen molar-refractivity contribution in [2.24, 2.45) is 0 Å². The van der Waals surface area contributed by atoms with Crippen molar-refractivity contribution in [3.63, 3.8) is 0 Å². The van der Waals surface area contributed by atoms with Gasteiger partial charge in [-0.15, -0.1) is 11.8 Å². The van der Waals surface area contributed by atoms with Crippen molar-refractivity contribution in [1.29, 1.82) is 0 Å². The van der Waals surface area contributed by atoms with E-state index in [9.17, 15) is 0 Å². The van der Waals surface area contributed by atoms with E-state index in [1.807, 2.05) is 26.2 Å². The number of likely N-dealkylation sites (N-methyl/N-ethyl adjacent to an activating group) is 1. The Bertz CT molecular complexity index is 349. The van der Waals surface area contributed by atoms with Gasteiger partial charge in [-0.2, -0.15) is 0 Å². The van der Waals surface area contributed by atoms with E-state index >= 15 is 0 Å². The molecular weight excluding hydrogens is 250 g/mol. The number of benzene rings is 1. The maximum Gasteiger partial charge on any atom is 0.170 e. The minimum Gasteiger partial charge on any atom is -0.361 e. The van der Waals surface area contributed by atoms with Crippen molar-refractivity contribution in [2.45, 2.75) is 4.90 Å². The SMILES string of the molecule is CSc1ccc(NC(=S)NCCN(C)C)cc1. The van der Waals surface area contributed by atoms with Crippen molar-refractivity contribution >= 4 is 34.8 Å². The van der Waals surface area contributed by atoms with E-state index in [1.165, 1.54) is 4.90 Å². The zero-order valence-electron chi connectivity index (χ0n) is 10.5. The molecule has 0 bridgehead atoms. The van der Waals surface area contributed by atoms with Crippen LogP contribution in [-0.4, -0.2) is 43.5 Å². The fourth-order valence-electron chi connectivity index (χ4n) is 1.24. The van der Waals surface area contributed by atoms with Crippen LogP contribution in [0.2, 0.25) is 0 Å². The van der Waals surface area contributed by atoms with E-state index in [2.05, 4.69) is 33.9 Å². The number of hydrogen-bond acceptors (Lipinski definition) is 3. The van der Waals surface area contributed by atoms with E-state index in [-0.39, 0.29) is 0 Å². The van der Waals surface area contributed by atoms with Crippen LogP contribution >= 0.6 is 24.0 Å². The highest BCUT2D eigenvalue weighted by Crippen LogP contribution is 2.17. The molecule has 0 aliphatic heterocycles. The molecule has 0 radical (unpaired) electrons. The van der Waals surface area contributed by atoms with Crippen LogP contribution in [-0.2, 0) is 0 Å². The molecule has 0 saturated carbocycles. The second-order valence-corrected chi connectivity index (χ2v) is 5.20. The predicted octanol–water partition coefficient (Wildman–Crippen LogP) is 2.26. The number of thiocarbonyl (C=S) groups is 1. The average Bonchev–Trinajstić information content (AvgIpc) is 2.29. The number of nitrogens with zero attached hydrogens (tertiary/aromatic N) is 1. The highest BCUT2D eigenvalue weighted by atomic mass is 32.2. The summed E-state index contributed by atoms with van der Waals surface area (Å²) < 4.78 is 0. The molecule has 0 saturated heterocycles. The van der Waals surface area contributed by atoms with E-state index in [4.69, 9.17) is 12.2 Å². The highest BCUT2D eigenvalue weighted by molar-refractivity contribution is 7.98. The van der Waals surface area contributed by atoms with Gasteiger partial charge in [0.25, 0.3) is 0 Å². The van der Waals surface area contributed by atoms with Gasteiger partial charge in [-0.3, -0.25) is 0 Å². The molecule has 0 unspecified atom stereocenters. The van der Waals surface area contributed by atoms with Crippen LogP contribution < -0.4 is 10.6 Å². The molecule has 1 aromatic rings. The van der Waals surface area contributed by atoms with E-state index < -0.39 is 0 Å². The Labute approximate surface area is 113 Å². The summed E-state index contributed by atoms with van der Waals surface area (Å²) >= 11 is 6.94. The second-order valence-electron chi connectivity index (χ2n) is 3.91. The highest BCUT2D eigenvalue weighted by Gasteiger charge is 1.97. The molecular formula is C12H19N3S2. The van der Waals surface area contributed by atoms with Gasteiger partial charge in [0.15, 0.2) is 5.11 Å². The lowest BCUT2D eigenvalue weighted by molar-refractivity contribution is 0.413. The molecule has 0 heterocycles. The molecule has 5 heteroatoms. The van der Waals surface area contributed by atoms with Gasteiger partial charge in [0.05, 0.1) is 0 Å². The summed E-state index contributed by atoms with van der Waals surface area (Å²) in [5, 5.41) is 6.99. The first-order chi connectivity index (χ1) is 8.11. The van der Waals surface area contributed by atoms with Crippen LogP contribution in [0.1, 0.15) is 0 Å². The number of anilines is 1. The quantitative estimate of drug-likeness (QED) is 0.632. The van der Waals surface area contributed by atoms with Gasteiger partial charge in [0, 0.05) is 23.7 Å². The lowest BCUT2D eigenvalue weighted by atomic mass is 10.3. The minimum absolute atomic E-state index is 0.670. The molecule has 94 valence electrons. The Morgan fingerprint density at radius 3 is 2.47 bits per heavy atom. The third kappa shape index (κ3) is 5.91. The van der Waals surface area contributed by atoms with Crippen LogP contribution in [0.25, 0.3) is 0 Å². The monoisotopic (exact) mass is 269 g/mol. The fraction of sp³-hybridized carbons (Fsp3) is 0.417. The Morgan fingerprint density at radius 1 is 1.29 bits per heavy atom. The average molecular weight is 269 g/mol. The molecule has 0 atom stereocenters. The van der Waals surface area contributed by atoms with Crippen molar-refractivity contribution in [1.82, 2.24) is 10.2 Å². The van der Waals surface area contributed by atoms with Gasteiger partial charge < -0.3 is 15.5 Å². The first-order valence-electron chi connectivity index (χ1n) is 5.45. The van der Waals surface area contributed by atoms with E-state index in [1.54, 1.807) is 11.8 Å². The molecule has 0 fully saturated rings. The van der Waals surface area contributed by atoms with Gasteiger partial charge in [-0.25, -0.2) is 0 Å². The topological polar surface area (TPSA) is 27.3 Å². The van der Waals surface area contributed by atoms with Gasteiger partial charge in [0.1, 0.15) is 0 Å². The summed E-state index contributed by atoms with van der Waals surface area (Å²) in [7, 11) is 4.08. The smallest absolute Gasteiger partial charge is 0.170 e. The third-order valence-corrected chi connectivity index (χ3v) is 3.18. The largest absolute Gasteiger partial charge is 0.361 e. The summed E-state index contributed by atoms with van der Waals surface area (Å²) in [6, 6.07) is 8.22. The van der Waals surface area contributed by atoms with Crippen LogP contribution in [0.5, 0.6) is 0 Å². The van der Waals surface area contributed by atoms with Crippen molar-refractivity contribution in [2.75, 3.05) is 38.8 Å². The maximum atomic E-state index is 5.20. The number of thioether (sulfide) groups is 1. The van der Waals surface area contributed by atoms with Crippen LogP contribution in [0.15, 0.2) is 29.2 Å². The maximum absolute atomic E-state index is 5.20. The van der Waals surface area contributed by atoms with Crippen LogP contribution in [0, 0.1) is 0 Å². The first kappa shape index (κ1) is 14.3. The van der Waals surface area contributed by atoms with Gasteiger partial charge in [-0.1, -0.05) is 0 Å². The lowest BCUT2D eigenvalue weighted by Gasteiger charge is -2.13.